The van der Waals surface area contributed by atoms with Gasteiger partial charge in [0.25, 0.3) is 0 Å². The van der Waals surface area contributed by atoms with Crippen molar-refractivity contribution in [2.45, 2.75) is 174 Å². The molecule has 0 aromatic carbocycles. The van der Waals surface area contributed by atoms with E-state index >= 15 is 0 Å². The highest BCUT2D eigenvalue weighted by molar-refractivity contribution is 5.73. The van der Waals surface area contributed by atoms with Crippen LogP contribution in [0.5, 0.6) is 0 Å². The van der Waals surface area contributed by atoms with Gasteiger partial charge in [0, 0.05) is 13.8 Å². The standard InChI is InChI=1S/C34H58N2O25/c1-8-17(42)22(47)24(49)32(54-8)61-29-26(51)27(59-33-25(50)23(48)19(44)12(5-38)57-33)13(6-39)58-34(29)60-28-16(36-10(3)41)30(52)55-14(20(28)45)7-53-31-15(35-9(2)40)21(46)18(43)11(4-37)56-31/h8,11-34,37-39,42-52H,4-7H2,1-3H3,(H,35,40)(H,36,41)/t8-,11+,12+,13+,14+,15+,16+,17+,18+,19-,20-,21+,22+,23-,24-,25+,26-,27-,28+,29+,30-,31+,32-,33-,34-/m0/s1. The molecule has 0 aliphatic carbocycles. The van der Waals surface area contributed by atoms with Crippen LogP contribution >= 0.6 is 0 Å². The maximum absolute atomic E-state index is 12.3. The molecule has 0 spiro atoms. The Balaban J connectivity index is 1.44. The number of hydrogen-bond donors (Lipinski definition) is 16. The quantitative estimate of drug-likeness (QED) is 0.0770. The molecule has 27 nitrogen and oxygen atoms in total. The minimum absolute atomic E-state index is 0.674. The van der Waals surface area contributed by atoms with Crippen LogP contribution in [-0.2, 0) is 52.2 Å². The van der Waals surface area contributed by atoms with Crippen molar-refractivity contribution in [3.63, 3.8) is 0 Å². The summed E-state index contributed by atoms with van der Waals surface area (Å²) >= 11 is 0. The Morgan fingerprint density at radius 3 is 1.51 bits per heavy atom. The molecule has 5 saturated heterocycles. The first-order valence-corrected chi connectivity index (χ1v) is 19.4. The molecule has 5 aliphatic rings. The molecule has 61 heavy (non-hydrogen) atoms. The van der Waals surface area contributed by atoms with Crippen LogP contribution in [-0.4, -0.2) is 263 Å². The second-order valence-corrected chi connectivity index (χ2v) is 15.4. The third-order valence-corrected chi connectivity index (χ3v) is 11.1. The first-order chi connectivity index (χ1) is 28.7. The Morgan fingerprint density at radius 2 is 0.934 bits per heavy atom. The van der Waals surface area contributed by atoms with Gasteiger partial charge in [-0.25, -0.2) is 0 Å². The molecule has 16 N–H and O–H groups in total. The first-order valence-electron chi connectivity index (χ1n) is 19.4. The van der Waals surface area contributed by atoms with Crippen molar-refractivity contribution < 1.29 is 124 Å². The zero-order valence-corrected chi connectivity index (χ0v) is 33.0. The summed E-state index contributed by atoms with van der Waals surface area (Å²) < 4.78 is 51.5. The van der Waals surface area contributed by atoms with Gasteiger partial charge in [-0.3, -0.25) is 9.59 Å². The molecular weight excluding hydrogens is 836 g/mol. The topological polar surface area (TPSA) is 424 Å². The number of aliphatic hydroxyl groups excluding tert-OH is 14. The van der Waals surface area contributed by atoms with Gasteiger partial charge in [-0.1, -0.05) is 0 Å². The van der Waals surface area contributed by atoms with Crippen LogP contribution in [0.3, 0.4) is 0 Å². The SMILES string of the molecule is CC(=O)N[C@@H]1[C@@H](O[C@@H]2O[C@H](CO)[C@H](O[C@@H]3O[C@H](CO)[C@H](O)[C@H](O)[C@H]3O)[C@H](O)[C@H]2O[C@@H]2O[C@@H](C)[C@@H](O)[C@@H](O)[C@@H]2O)[C@@H](O)[C@@H](CO[C@@H]2O[C@H](CO)[C@@H](O)[C@H](O)[C@H]2NC(C)=O)O[C@@H]1O. The van der Waals surface area contributed by atoms with Crippen molar-refractivity contribution in [3.05, 3.63) is 0 Å². The van der Waals surface area contributed by atoms with Crippen LogP contribution in [0.4, 0.5) is 0 Å². The lowest BCUT2D eigenvalue weighted by atomic mass is 9.94. The Bertz CT molecular complexity index is 1420. The van der Waals surface area contributed by atoms with Gasteiger partial charge in [-0.15, -0.1) is 0 Å². The largest absolute Gasteiger partial charge is 0.394 e. The molecule has 25 atom stereocenters. The highest BCUT2D eigenvalue weighted by Crippen LogP contribution is 2.36. The molecule has 0 bridgehead atoms. The van der Waals surface area contributed by atoms with Gasteiger partial charge in [0.1, 0.15) is 116 Å². The van der Waals surface area contributed by atoms with Crippen LogP contribution in [0, 0.1) is 0 Å². The van der Waals surface area contributed by atoms with E-state index in [1.165, 1.54) is 6.92 Å². The Morgan fingerprint density at radius 1 is 0.459 bits per heavy atom. The predicted octanol–water partition coefficient (Wildman–Crippen LogP) is -10.6. The highest BCUT2D eigenvalue weighted by Gasteiger charge is 2.57. The van der Waals surface area contributed by atoms with E-state index in [0.717, 1.165) is 13.8 Å². The van der Waals surface area contributed by atoms with Crippen LogP contribution in [0.1, 0.15) is 20.8 Å². The Hall–Kier alpha value is -1.98. The van der Waals surface area contributed by atoms with Gasteiger partial charge in [-0.05, 0) is 6.92 Å². The summed E-state index contributed by atoms with van der Waals surface area (Å²) in [6.07, 6.45) is -41.2. The van der Waals surface area contributed by atoms with E-state index in [0.29, 0.717) is 0 Å². The first kappa shape index (κ1) is 50.0. The van der Waals surface area contributed by atoms with Gasteiger partial charge in [0.15, 0.2) is 31.5 Å². The fourth-order valence-corrected chi connectivity index (χ4v) is 7.66. The molecule has 0 unspecified atom stereocenters. The molecule has 0 saturated carbocycles. The van der Waals surface area contributed by atoms with E-state index < -0.39 is 192 Å². The van der Waals surface area contributed by atoms with Gasteiger partial charge in [-0.2, -0.15) is 0 Å². The van der Waals surface area contributed by atoms with Crippen molar-refractivity contribution in [1.82, 2.24) is 10.6 Å². The molecule has 5 rings (SSSR count). The van der Waals surface area contributed by atoms with Crippen LogP contribution in [0.2, 0.25) is 0 Å². The summed E-state index contributed by atoms with van der Waals surface area (Å²) in [5.74, 6) is -1.45. The van der Waals surface area contributed by atoms with Crippen LogP contribution in [0.15, 0.2) is 0 Å². The normalized spacial score (nSPS) is 49.6. The third kappa shape index (κ3) is 10.9. The maximum Gasteiger partial charge on any atom is 0.217 e. The highest BCUT2D eigenvalue weighted by atomic mass is 16.8. The number of aliphatic hydroxyl groups is 14. The number of carbonyl (C=O) groups excluding carboxylic acids is 2. The lowest BCUT2D eigenvalue weighted by Gasteiger charge is -2.50. The second-order valence-electron chi connectivity index (χ2n) is 15.4. The van der Waals surface area contributed by atoms with Crippen LogP contribution in [0.25, 0.3) is 0 Å². The number of ether oxygens (including phenoxy) is 9. The molecule has 2 amide bonds. The minimum atomic E-state index is -2.12. The molecule has 5 fully saturated rings. The van der Waals surface area contributed by atoms with Crippen molar-refractivity contribution in [2.24, 2.45) is 0 Å². The van der Waals surface area contributed by atoms with E-state index in [9.17, 15) is 81.1 Å². The molecule has 0 aromatic heterocycles. The second kappa shape index (κ2) is 21.3. The van der Waals surface area contributed by atoms with Crippen molar-refractivity contribution in [3.8, 4) is 0 Å². The number of rotatable bonds is 14. The van der Waals surface area contributed by atoms with E-state index in [1.807, 2.05) is 0 Å². The molecule has 0 radical (unpaired) electrons. The maximum atomic E-state index is 12.3. The number of nitrogens with one attached hydrogen (secondary N) is 2. The fraction of sp³-hybridized carbons (Fsp3) is 0.941. The van der Waals surface area contributed by atoms with Crippen LogP contribution < -0.4 is 10.6 Å². The summed E-state index contributed by atoms with van der Waals surface area (Å²) in [6, 6.07) is -3.09. The summed E-state index contributed by atoms with van der Waals surface area (Å²) in [4.78, 5) is 24.3. The van der Waals surface area contributed by atoms with Crippen molar-refractivity contribution in [2.75, 3.05) is 26.4 Å². The fourth-order valence-electron chi connectivity index (χ4n) is 7.66. The average Bonchev–Trinajstić information content (AvgIpc) is 3.21. The zero-order valence-electron chi connectivity index (χ0n) is 33.0. The third-order valence-electron chi connectivity index (χ3n) is 11.1. The zero-order chi connectivity index (χ0) is 45.2. The van der Waals surface area contributed by atoms with E-state index in [1.54, 1.807) is 0 Å². The molecule has 5 aliphatic heterocycles. The smallest absolute Gasteiger partial charge is 0.217 e. The van der Waals surface area contributed by atoms with E-state index in [-0.39, 0.29) is 0 Å². The molecule has 0 aromatic rings. The Kier molecular flexibility index (Phi) is 17.5. The lowest BCUT2D eigenvalue weighted by molar-refractivity contribution is -0.397. The van der Waals surface area contributed by atoms with Gasteiger partial charge in [0.05, 0.1) is 32.5 Å². The number of amides is 2. The number of carbonyl (C=O) groups is 2. The summed E-state index contributed by atoms with van der Waals surface area (Å²) in [6.45, 7) is 0.0607. The van der Waals surface area contributed by atoms with Crippen molar-refractivity contribution in [1.29, 1.82) is 0 Å². The molecular formula is C34H58N2O25. The summed E-state index contributed by atoms with van der Waals surface area (Å²) in [7, 11) is 0. The molecule has 5 heterocycles. The minimum Gasteiger partial charge on any atom is -0.394 e. The van der Waals surface area contributed by atoms with E-state index in [4.69, 9.17) is 42.6 Å². The predicted molar refractivity (Wildman–Crippen MR) is 188 cm³/mol. The summed E-state index contributed by atoms with van der Waals surface area (Å²) in [5, 5.41) is 153. The average molecular weight is 895 g/mol. The monoisotopic (exact) mass is 894 g/mol. The lowest BCUT2D eigenvalue weighted by Crippen LogP contribution is -2.70. The molecule has 27 heteroatoms. The number of hydrogen-bond acceptors (Lipinski definition) is 25. The summed E-state index contributed by atoms with van der Waals surface area (Å²) in [5.41, 5.74) is 0. The molecule has 354 valence electrons. The van der Waals surface area contributed by atoms with Gasteiger partial charge >= 0.3 is 0 Å². The van der Waals surface area contributed by atoms with Gasteiger partial charge < -0.3 is 125 Å². The Labute approximate surface area is 346 Å². The van der Waals surface area contributed by atoms with Gasteiger partial charge in [0.2, 0.25) is 11.8 Å². The van der Waals surface area contributed by atoms with E-state index in [2.05, 4.69) is 10.6 Å². The van der Waals surface area contributed by atoms with Crippen molar-refractivity contribution >= 4 is 11.8 Å².